The number of anilines is 3. The fraction of sp³-hybridized carbons (Fsp3) is 0.0847. The van der Waals surface area contributed by atoms with Gasteiger partial charge in [0.1, 0.15) is 11.5 Å². The molecule has 1 heterocycles. The van der Waals surface area contributed by atoms with E-state index in [9.17, 15) is 0 Å². The van der Waals surface area contributed by atoms with Crippen LogP contribution in [0.3, 0.4) is 0 Å². The van der Waals surface area contributed by atoms with E-state index in [-0.39, 0.29) is 5.41 Å². The molecule has 292 valence electrons. The summed E-state index contributed by atoms with van der Waals surface area (Å²) in [7, 11) is 0. The molecule has 0 saturated heterocycles. The summed E-state index contributed by atoms with van der Waals surface area (Å²) in [5.74, 6) is 1.81. The third-order valence-corrected chi connectivity index (χ3v) is 13.4. The van der Waals surface area contributed by atoms with Gasteiger partial charge in [-0.25, -0.2) is 0 Å². The van der Waals surface area contributed by atoms with Gasteiger partial charge >= 0.3 is 0 Å². The van der Waals surface area contributed by atoms with Crippen LogP contribution >= 0.6 is 0 Å². The number of allylic oxidation sites excluding steroid dienone is 5. The summed E-state index contributed by atoms with van der Waals surface area (Å²) < 4.78 is 6.60. The van der Waals surface area contributed by atoms with Crippen molar-refractivity contribution in [2.45, 2.75) is 31.6 Å². The summed E-state index contributed by atoms with van der Waals surface area (Å²) in [6.07, 6.45) is 6.14. The lowest BCUT2D eigenvalue weighted by Crippen LogP contribution is -2.32. The Hall–Kier alpha value is -7.42. The fourth-order valence-corrected chi connectivity index (χ4v) is 10.6. The largest absolute Gasteiger partial charge is 0.457 e. The molecular formula is C59H45NO. The molecule has 0 fully saturated rings. The number of hydrogen-bond donors (Lipinski definition) is 0. The van der Waals surface area contributed by atoms with Crippen molar-refractivity contribution in [1.29, 1.82) is 0 Å². The van der Waals surface area contributed by atoms with E-state index < -0.39 is 5.41 Å². The molecule has 0 amide bonds. The predicted octanol–water partition coefficient (Wildman–Crippen LogP) is 15.8. The minimum absolute atomic E-state index is 0.167. The van der Waals surface area contributed by atoms with E-state index >= 15 is 0 Å². The summed E-state index contributed by atoms with van der Waals surface area (Å²) in [6, 6.07) is 68.7. The lowest BCUT2D eigenvalue weighted by molar-refractivity contribution is 0.436. The number of ether oxygens (including phenoxy) is 1. The standard InChI is InChI=1S/C59H45NO/c1-5-6-22-49-39(2)45-36-34-44(38-53(45)58(49,3)4)60(55-26-15-11-20-46(55)41-18-8-7-9-19-41)43-32-29-40(30-33-43)42-31-35-48-47-21-10-12-23-50(47)59(54(48)37-42)51-24-13-16-27-56(51)61-57-28-17-14-25-52(57)59/h5-38H,1H2,2-4H3/b22-6-. The molecule has 8 aromatic carbocycles. The average Bonchev–Trinajstić information content (AvgIpc) is 3.69. The number of hydrogen-bond acceptors (Lipinski definition) is 2. The van der Waals surface area contributed by atoms with Gasteiger partial charge in [0.2, 0.25) is 0 Å². The fourth-order valence-electron chi connectivity index (χ4n) is 10.6. The first kappa shape index (κ1) is 36.6. The molecule has 1 spiro atoms. The molecule has 2 aliphatic carbocycles. The molecule has 2 heteroatoms. The van der Waals surface area contributed by atoms with Crippen molar-refractivity contribution in [3.63, 3.8) is 0 Å². The van der Waals surface area contributed by atoms with Gasteiger partial charge in [0.15, 0.2) is 0 Å². The smallest absolute Gasteiger partial charge is 0.132 e. The van der Waals surface area contributed by atoms with Gasteiger partial charge in [0, 0.05) is 33.5 Å². The van der Waals surface area contributed by atoms with Crippen molar-refractivity contribution in [3.8, 4) is 44.9 Å². The van der Waals surface area contributed by atoms with Crippen molar-refractivity contribution < 1.29 is 4.74 Å². The maximum absolute atomic E-state index is 6.60. The molecule has 2 nitrogen and oxygen atoms in total. The van der Waals surface area contributed by atoms with E-state index in [1.807, 2.05) is 6.08 Å². The zero-order valence-electron chi connectivity index (χ0n) is 34.7. The Labute approximate surface area is 359 Å². The van der Waals surface area contributed by atoms with E-state index in [0.717, 1.165) is 34.1 Å². The highest BCUT2D eigenvalue weighted by atomic mass is 16.5. The van der Waals surface area contributed by atoms with E-state index in [2.05, 4.69) is 232 Å². The third-order valence-electron chi connectivity index (χ3n) is 13.4. The van der Waals surface area contributed by atoms with Gasteiger partial charge in [-0.15, -0.1) is 0 Å². The maximum atomic E-state index is 6.60. The summed E-state index contributed by atoms with van der Waals surface area (Å²) in [5.41, 5.74) is 20.1. The Balaban J connectivity index is 1.06. The molecule has 0 saturated carbocycles. The normalized spacial score (nSPS) is 14.8. The Kier molecular flexibility index (Phi) is 8.47. The van der Waals surface area contributed by atoms with Gasteiger partial charge in [-0.3, -0.25) is 0 Å². The summed E-state index contributed by atoms with van der Waals surface area (Å²) in [4.78, 5) is 2.43. The molecular weight excluding hydrogens is 739 g/mol. The van der Waals surface area contributed by atoms with E-state index in [0.29, 0.717) is 0 Å². The Morgan fingerprint density at radius 1 is 0.475 bits per heavy atom. The highest BCUT2D eigenvalue weighted by molar-refractivity contribution is 5.93. The van der Waals surface area contributed by atoms with Gasteiger partial charge in [0.05, 0.1) is 11.1 Å². The van der Waals surface area contributed by atoms with E-state index in [4.69, 9.17) is 4.74 Å². The summed E-state index contributed by atoms with van der Waals surface area (Å²) in [6.45, 7) is 10.9. The lowest BCUT2D eigenvalue weighted by atomic mass is 9.66. The quantitative estimate of drug-likeness (QED) is 0.149. The molecule has 0 bridgehead atoms. The monoisotopic (exact) mass is 783 g/mol. The molecule has 3 aliphatic rings. The molecule has 0 aromatic heterocycles. The topological polar surface area (TPSA) is 12.5 Å². The van der Waals surface area contributed by atoms with Crippen LogP contribution in [-0.4, -0.2) is 0 Å². The molecule has 61 heavy (non-hydrogen) atoms. The third kappa shape index (κ3) is 5.49. The van der Waals surface area contributed by atoms with Crippen LogP contribution in [0.15, 0.2) is 218 Å². The molecule has 0 atom stereocenters. The Morgan fingerprint density at radius 2 is 1.05 bits per heavy atom. The predicted molar refractivity (Wildman–Crippen MR) is 254 cm³/mol. The number of para-hydroxylation sites is 3. The second kappa shape index (κ2) is 14.1. The van der Waals surface area contributed by atoms with Crippen molar-refractivity contribution in [2.75, 3.05) is 4.90 Å². The average molecular weight is 784 g/mol. The van der Waals surface area contributed by atoms with Crippen LogP contribution in [0.4, 0.5) is 17.1 Å². The van der Waals surface area contributed by atoms with Crippen molar-refractivity contribution in [2.24, 2.45) is 0 Å². The molecule has 1 aliphatic heterocycles. The minimum atomic E-state index is -0.513. The van der Waals surface area contributed by atoms with Crippen LogP contribution in [0.2, 0.25) is 0 Å². The Morgan fingerprint density at radius 3 is 1.77 bits per heavy atom. The van der Waals surface area contributed by atoms with Crippen LogP contribution in [0.5, 0.6) is 11.5 Å². The van der Waals surface area contributed by atoms with Crippen molar-refractivity contribution >= 4 is 22.6 Å². The molecule has 0 radical (unpaired) electrons. The number of benzene rings is 8. The second-order valence-corrected chi connectivity index (χ2v) is 16.9. The van der Waals surface area contributed by atoms with E-state index in [1.54, 1.807) is 0 Å². The number of rotatable bonds is 7. The van der Waals surface area contributed by atoms with Gasteiger partial charge in [-0.1, -0.05) is 178 Å². The first-order valence-corrected chi connectivity index (χ1v) is 21.2. The second-order valence-electron chi connectivity index (χ2n) is 16.9. The van der Waals surface area contributed by atoms with Gasteiger partial charge in [-0.05, 0) is 117 Å². The minimum Gasteiger partial charge on any atom is -0.457 e. The van der Waals surface area contributed by atoms with Crippen LogP contribution in [-0.2, 0) is 10.8 Å². The van der Waals surface area contributed by atoms with Gasteiger partial charge in [-0.2, -0.15) is 0 Å². The van der Waals surface area contributed by atoms with Crippen molar-refractivity contribution in [1.82, 2.24) is 0 Å². The first-order chi connectivity index (χ1) is 29.9. The first-order valence-electron chi connectivity index (χ1n) is 21.2. The SMILES string of the molecule is C=C/C=C\C1=C(C)c2ccc(N(c3ccc(-c4ccc5c(c4)C4(c6ccccc6Oc6ccccc64)c4ccccc4-5)cc3)c3ccccc3-c3ccccc3)cc2C1(C)C. The maximum Gasteiger partial charge on any atom is 0.132 e. The van der Waals surface area contributed by atoms with Crippen LogP contribution in [0, 0.1) is 0 Å². The zero-order valence-corrected chi connectivity index (χ0v) is 34.7. The number of fused-ring (bicyclic) bond motifs is 10. The molecule has 8 aromatic rings. The van der Waals surface area contributed by atoms with E-state index in [1.165, 1.54) is 72.3 Å². The lowest BCUT2D eigenvalue weighted by Gasteiger charge is -2.39. The van der Waals surface area contributed by atoms with Gasteiger partial charge < -0.3 is 9.64 Å². The summed E-state index contributed by atoms with van der Waals surface area (Å²) >= 11 is 0. The van der Waals surface area contributed by atoms with Gasteiger partial charge in [0.25, 0.3) is 0 Å². The van der Waals surface area contributed by atoms with Crippen LogP contribution in [0.25, 0.3) is 39.0 Å². The van der Waals surface area contributed by atoms with Crippen LogP contribution in [0.1, 0.15) is 54.2 Å². The number of nitrogens with zero attached hydrogens (tertiary/aromatic N) is 1. The van der Waals surface area contributed by atoms with Crippen LogP contribution < -0.4 is 9.64 Å². The molecule has 0 N–H and O–H groups in total. The molecule has 11 rings (SSSR count). The highest BCUT2D eigenvalue weighted by Gasteiger charge is 2.51. The highest BCUT2D eigenvalue weighted by Crippen LogP contribution is 2.62. The summed E-state index contributed by atoms with van der Waals surface area (Å²) in [5, 5.41) is 0. The molecule has 0 unspecified atom stereocenters. The Bertz CT molecular complexity index is 3060. The zero-order chi connectivity index (χ0) is 41.3. The van der Waals surface area contributed by atoms with Crippen molar-refractivity contribution in [3.05, 3.63) is 252 Å².